The minimum atomic E-state index is -0.504. The highest BCUT2D eigenvalue weighted by atomic mass is 19.1. The molecule has 2 heterocycles. The van der Waals surface area contributed by atoms with Crippen LogP contribution in [0.15, 0.2) is 36.4 Å². The lowest BCUT2D eigenvalue weighted by Crippen LogP contribution is -2.37. The van der Waals surface area contributed by atoms with Gasteiger partial charge in [0.05, 0.1) is 11.8 Å². The average molecular weight is 428 g/mol. The predicted octanol–water partition coefficient (Wildman–Crippen LogP) is 2.98. The lowest BCUT2D eigenvalue weighted by atomic mass is 9.98. The van der Waals surface area contributed by atoms with E-state index in [2.05, 4.69) is 5.32 Å². The fourth-order valence-corrected chi connectivity index (χ4v) is 4.25. The number of aliphatic hydroxyl groups is 1. The van der Waals surface area contributed by atoms with Crippen molar-refractivity contribution in [3.63, 3.8) is 0 Å². The first-order chi connectivity index (χ1) is 15.0. The van der Waals surface area contributed by atoms with E-state index in [1.54, 1.807) is 23.1 Å². The van der Waals surface area contributed by atoms with Crippen molar-refractivity contribution in [2.75, 3.05) is 43.1 Å². The molecule has 0 aromatic heterocycles. The minimum absolute atomic E-state index is 0.134. The van der Waals surface area contributed by atoms with Gasteiger partial charge in [-0.05, 0) is 68.3 Å². The number of nitrogens with zero attached hydrogens (tertiary/aromatic N) is 2. The summed E-state index contributed by atoms with van der Waals surface area (Å²) in [5, 5.41) is 12.9. The number of fused-ring (bicyclic) bond motifs is 1. The van der Waals surface area contributed by atoms with Gasteiger partial charge in [-0.3, -0.25) is 4.79 Å². The maximum Gasteiger partial charge on any atom is 0.258 e. The standard InChI is InChI=1S/C24H30FN3O3/c1-3-19(29)15-31-20-5-6-21-16(12-20)8-11-28(24(21)30)18-4-7-23(22(25)13-18)27-10-9-17(14-27)26-2/h4-7,12-13,17,19,26,29H,3,8-11,14-15H2,1-2H3/t17-,19-/m1/s1. The summed E-state index contributed by atoms with van der Waals surface area (Å²) in [6.07, 6.45) is 1.77. The van der Waals surface area contributed by atoms with Crippen LogP contribution in [0.25, 0.3) is 0 Å². The number of aliphatic hydroxyl groups excluding tert-OH is 1. The normalized spacial score (nSPS) is 19.5. The molecule has 166 valence electrons. The molecule has 6 nitrogen and oxygen atoms in total. The lowest BCUT2D eigenvalue weighted by molar-refractivity contribution is 0.0978. The smallest absolute Gasteiger partial charge is 0.258 e. The van der Waals surface area contributed by atoms with Gasteiger partial charge in [0.15, 0.2) is 0 Å². The molecule has 1 fully saturated rings. The molecule has 0 radical (unpaired) electrons. The van der Waals surface area contributed by atoms with E-state index >= 15 is 0 Å². The van der Waals surface area contributed by atoms with Crippen molar-refractivity contribution in [3.05, 3.63) is 53.3 Å². The van der Waals surface area contributed by atoms with E-state index in [9.17, 15) is 14.3 Å². The van der Waals surface area contributed by atoms with E-state index in [-0.39, 0.29) is 18.3 Å². The quantitative estimate of drug-likeness (QED) is 0.711. The molecule has 2 atom stereocenters. The zero-order valence-electron chi connectivity index (χ0n) is 18.1. The Kier molecular flexibility index (Phi) is 6.43. The van der Waals surface area contributed by atoms with Gasteiger partial charge >= 0.3 is 0 Å². The Morgan fingerprint density at radius 1 is 1.26 bits per heavy atom. The highest BCUT2D eigenvalue weighted by Crippen LogP contribution is 2.31. The number of likely N-dealkylation sites (N-methyl/N-ethyl adjacent to an activating group) is 1. The van der Waals surface area contributed by atoms with Crippen LogP contribution in [0.4, 0.5) is 15.8 Å². The number of hydrogen-bond donors (Lipinski definition) is 2. The predicted molar refractivity (Wildman–Crippen MR) is 120 cm³/mol. The molecule has 2 N–H and O–H groups in total. The molecule has 31 heavy (non-hydrogen) atoms. The van der Waals surface area contributed by atoms with Gasteiger partial charge in [0.1, 0.15) is 18.2 Å². The molecule has 0 spiro atoms. The Morgan fingerprint density at radius 3 is 2.81 bits per heavy atom. The first-order valence-corrected chi connectivity index (χ1v) is 11.0. The Bertz CT molecular complexity index is 952. The van der Waals surface area contributed by atoms with E-state index in [0.717, 1.165) is 25.1 Å². The van der Waals surface area contributed by atoms with E-state index in [1.165, 1.54) is 6.07 Å². The summed E-state index contributed by atoms with van der Waals surface area (Å²) >= 11 is 0. The zero-order valence-corrected chi connectivity index (χ0v) is 18.1. The number of carbonyl (C=O) groups excluding carboxylic acids is 1. The number of rotatable bonds is 7. The minimum Gasteiger partial charge on any atom is -0.491 e. The summed E-state index contributed by atoms with van der Waals surface area (Å²) in [7, 11) is 1.93. The number of benzene rings is 2. The molecule has 1 saturated heterocycles. The van der Waals surface area contributed by atoms with Crippen molar-refractivity contribution in [2.24, 2.45) is 0 Å². The van der Waals surface area contributed by atoms with Crippen LogP contribution in [0, 0.1) is 5.82 Å². The van der Waals surface area contributed by atoms with Gasteiger partial charge in [-0.15, -0.1) is 0 Å². The van der Waals surface area contributed by atoms with Gasteiger partial charge in [-0.2, -0.15) is 0 Å². The SMILES string of the molecule is CC[C@@H](O)COc1ccc2c(c1)CCN(c1ccc(N3CC[C@@H](NC)C3)c(F)c1)C2=O. The molecule has 0 saturated carbocycles. The number of anilines is 2. The van der Waals surface area contributed by atoms with E-state index < -0.39 is 6.10 Å². The highest BCUT2D eigenvalue weighted by Gasteiger charge is 2.28. The average Bonchev–Trinajstić information content (AvgIpc) is 3.26. The molecule has 0 unspecified atom stereocenters. The van der Waals surface area contributed by atoms with Crippen molar-refractivity contribution in [2.45, 2.75) is 38.3 Å². The van der Waals surface area contributed by atoms with Crippen LogP contribution in [-0.2, 0) is 6.42 Å². The van der Waals surface area contributed by atoms with Crippen LogP contribution in [0.1, 0.15) is 35.7 Å². The van der Waals surface area contributed by atoms with Crippen LogP contribution in [0.5, 0.6) is 5.75 Å². The lowest BCUT2D eigenvalue weighted by Gasteiger charge is -2.29. The molecular weight excluding hydrogens is 397 g/mol. The van der Waals surface area contributed by atoms with Gasteiger partial charge in [-0.1, -0.05) is 6.92 Å². The monoisotopic (exact) mass is 427 g/mol. The first kappa shape index (κ1) is 21.6. The molecule has 2 aliphatic heterocycles. The van der Waals surface area contributed by atoms with Crippen molar-refractivity contribution >= 4 is 17.3 Å². The maximum absolute atomic E-state index is 14.9. The number of hydrogen-bond acceptors (Lipinski definition) is 5. The number of carbonyl (C=O) groups is 1. The Labute approximate surface area is 182 Å². The Morgan fingerprint density at radius 2 is 2.10 bits per heavy atom. The summed E-state index contributed by atoms with van der Waals surface area (Å²) < 4.78 is 20.5. The summed E-state index contributed by atoms with van der Waals surface area (Å²) in [6.45, 7) is 4.21. The summed E-state index contributed by atoms with van der Waals surface area (Å²) in [5.74, 6) is 0.212. The van der Waals surface area contributed by atoms with Crippen LogP contribution in [0.2, 0.25) is 0 Å². The van der Waals surface area contributed by atoms with Crippen molar-refractivity contribution in [1.29, 1.82) is 0 Å². The van der Waals surface area contributed by atoms with Crippen molar-refractivity contribution in [1.82, 2.24) is 5.32 Å². The van der Waals surface area contributed by atoms with E-state index in [1.807, 2.05) is 31.0 Å². The second kappa shape index (κ2) is 9.24. The van der Waals surface area contributed by atoms with Gasteiger partial charge in [0.2, 0.25) is 0 Å². The number of halogens is 1. The summed E-state index contributed by atoms with van der Waals surface area (Å²) in [6, 6.07) is 10.8. The van der Waals surface area contributed by atoms with Crippen LogP contribution in [0.3, 0.4) is 0 Å². The number of ether oxygens (including phenoxy) is 1. The second-order valence-electron chi connectivity index (χ2n) is 8.25. The molecule has 2 aliphatic rings. The van der Waals surface area contributed by atoms with Crippen LogP contribution < -0.4 is 19.9 Å². The molecule has 2 aromatic rings. The third-order valence-corrected chi connectivity index (χ3v) is 6.25. The first-order valence-electron chi connectivity index (χ1n) is 11.0. The van der Waals surface area contributed by atoms with Gasteiger partial charge in [0.25, 0.3) is 5.91 Å². The molecule has 7 heteroatoms. The van der Waals surface area contributed by atoms with Crippen molar-refractivity contribution < 1.29 is 19.0 Å². The third-order valence-electron chi connectivity index (χ3n) is 6.25. The van der Waals surface area contributed by atoms with Gasteiger partial charge in [-0.25, -0.2) is 4.39 Å². The largest absolute Gasteiger partial charge is 0.491 e. The maximum atomic E-state index is 14.9. The Hall–Kier alpha value is -2.64. The fourth-order valence-electron chi connectivity index (χ4n) is 4.25. The molecule has 1 amide bonds. The van der Waals surface area contributed by atoms with Gasteiger partial charge in [0, 0.05) is 36.9 Å². The zero-order chi connectivity index (χ0) is 22.0. The third kappa shape index (κ3) is 4.52. The van der Waals surface area contributed by atoms with Crippen molar-refractivity contribution in [3.8, 4) is 5.75 Å². The van der Waals surface area contributed by atoms with Crippen LogP contribution >= 0.6 is 0 Å². The number of amides is 1. The topological polar surface area (TPSA) is 65.0 Å². The highest BCUT2D eigenvalue weighted by molar-refractivity contribution is 6.08. The van der Waals surface area contributed by atoms with E-state index in [4.69, 9.17) is 4.74 Å². The summed E-state index contributed by atoms with van der Waals surface area (Å²) in [4.78, 5) is 16.8. The molecule has 2 aromatic carbocycles. The van der Waals surface area contributed by atoms with E-state index in [0.29, 0.717) is 48.1 Å². The molecule has 4 rings (SSSR count). The second-order valence-corrected chi connectivity index (χ2v) is 8.25. The molecular formula is C24H30FN3O3. The summed E-state index contributed by atoms with van der Waals surface area (Å²) in [5.41, 5.74) is 2.68. The molecule has 0 bridgehead atoms. The number of nitrogens with one attached hydrogen (secondary N) is 1. The van der Waals surface area contributed by atoms with Crippen LogP contribution in [-0.4, -0.2) is 56.4 Å². The Balaban J connectivity index is 1.48. The van der Waals surface area contributed by atoms with Gasteiger partial charge < -0.3 is 25.0 Å². The molecule has 0 aliphatic carbocycles. The fraction of sp³-hybridized carbons (Fsp3) is 0.458.